The predicted octanol–water partition coefficient (Wildman–Crippen LogP) is 3.47. The summed E-state index contributed by atoms with van der Waals surface area (Å²) in [6, 6.07) is 5.05. The summed E-state index contributed by atoms with van der Waals surface area (Å²) >= 11 is 1.74. The maximum atomic E-state index is 12.6. The van der Waals surface area contributed by atoms with E-state index in [1.807, 2.05) is 13.2 Å². The van der Waals surface area contributed by atoms with Crippen molar-refractivity contribution in [1.29, 1.82) is 0 Å². The van der Waals surface area contributed by atoms with Crippen LogP contribution < -0.4 is 5.32 Å². The zero-order valence-corrected chi connectivity index (χ0v) is 12.4. The van der Waals surface area contributed by atoms with Gasteiger partial charge in [0, 0.05) is 12.6 Å². The van der Waals surface area contributed by atoms with Gasteiger partial charge in [-0.25, -0.2) is 0 Å². The Labute approximate surface area is 121 Å². The van der Waals surface area contributed by atoms with Crippen LogP contribution in [0, 0.1) is 0 Å². The second kappa shape index (κ2) is 7.90. The van der Waals surface area contributed by atoms with E-state index in [0.29, 0.717) is 0 Å². The molecule has 0 bridgehead atoms. The van der Waals surface area contributed by atoms with Crippen LogP contribution in [0.4, 0.5) is 13.2 Å². The van der Waals surface area contributed by atoms with Crippen molar-refractivity contribution < 1.29 is 18.3 Å². The Bertz CT molecular complexity index is 412. The third kappa shape index (κ3) is 5.73. The number of aliphatic hydroxyl groups is 1. The van der Waals surface area contributed by atoms with Gasteiger partial charge in [0.05, 0.1) is 11.7 Å². The highest BCUT2D eigenvalue weighted by molar-refractivity contribution is 7.98. The summed E-state index contributed by atoms with van der Waals surface area (Å²) in [5.41, 5.74) is -0.450. The Hall–Kier alpha value is -0.720. The van der Waals surface area contributed by atoms with Gasteiger partial charge < -0.3 is 10.4 Å². The molecule has 1 aromatic carbocycles. The van der Waals surface area contributed by atoms with Gasteiger partial charge in [0.25, 0.3) is 0 Å². The average molecular weight is 307 g/mol. The fraction of sp³-hybridized carbons (Fsp3) is 0.571. The lowest BCUT2D eigenvalue weighted by Gasteiger charge is -2.18. The molecule has 0 aliphatic carbocycles. The summed E-state index contributed by atoms with van der Waals surface area (Å²) in [4.78, 5) is 0. The van der Waals surface area contributed by atoms with E-state index in [1.165, 1.54) is 12.1 Å². The lowest BCUT2D eigenvalue weighted by Crippen LogP contribution is -2.30. The third-order valence-corrected chi connectivity index (χ3v) is 3.66. The minimum atomic E-state index is -4.38. The van der Waals surface area contributed by atoms with E-state index in [4.69, 9.17) is 0 Å². The van der Waals surface area contributed by atoms with E-state index >= 15 is 0 Å². The van der Waals surface area contributed by atoms with Gasteiger partial charge in [-0.1, -0.05) is 12.1 Å². The summed E-state index contributed by atoms with van der Waals surface area (Å²) in [5, 5.41) is 13.1. The number of benzene rings is 1. The monoisotopic (exact) mass is 307 g/mol. The molecule has 0 amide bonds. The summed E-state index contributed by atoms with van der Waals surface area (Å²) in [5.74, 6) is 1.01. The van der Waals surface area contributed by atoms with Crippen LogP contribution in [0.2, 0.25) is 0 Å². The van der Waals surface area contributed by atoms with Gasteiger partial charge in [0.15, 0.2) is 0 Å². The van der Waals surface area contributed by atoms with Crippen LogP contribution in [-0.2, 0) is 6.18 Å². The van der Waals surface area contributed by atoms with Gasteiger partial charge in [0.1, 0.15) is 0 Å². The first-order valence-electron chi connectivity index (χ1n) is 6.42. The highest BCUT2D eigenvalue weighted by atomic mass is 32.2. The summed E-state index contributed by atoms with van der Waals surface area (Å²) in [6.45, 7) is 2.24. The molecule has 6 heteroatoms. The standard InChI is InChI=1S/C14H20F3NOS/c1-10(6-7-20-2)18-9-13(19)11-4-3-5-12(8-11)14(15,16)17/h3-5,8,10,13,18-19H,6-7,9H2,1-2H3. The topological polar surface area (TPSA) is 32.3 Å². The third-order valence-electron chi connectivity index (χ3n) is 3.01. The van der Waals surface area contributed by atoms with Gasteiger partial charge >= 0.3 is 6.18 Å². The molecule has 114 valence electrons. The van der Waals surface area contributed by atoms with Gasteiger partial charge in [0.2, 0.25) is 0 Å². The van der Waals surface area contributed by atoms with Crippen LogP contribution in [-0.4, -0.2) is 29.7 Å². The van der Waals surface area contributed by atoms with Crippen LogP contribution >= 0.6 is 11.8 Å². The van der Waals surface area contributed by atoms with Crippen LogP contribution in [0.1, 0.15) is 30.6 Å². The number of rotatable bonds is 7. The zero-order chi connectivity index (χ0) is 15.2. The van der Waals surface area contributed by atoms with Crippen molar-refractivity contribution in [3.05, 3.63) is 35.4 Å². The van der Waals surface area contributed by atoms with Gasteiger partial charge in [-0.05, 0) is 43.0 Å². The second-order valence-corrected chi connectivity index (χ2v) is 5.72. The summed E-state index contributed by atoms with van der Waals surface area (Å²) < 4.78 is 37.8. The highest BCUT2D eigenvalue weighted by Crippen LogP contribution is 2.30. The first-order valence-corrected chi connectivity index (χ1v) is 7.81. The molecule has 0 radical (unpaired) electrons. The SMILES string of the molecule is CSCCC(C)NCC(O)c1cccc(C(F)(F)F)c1. The minimum absolute atomic E-state index is 0.225. The van der Waals surface area contributed by atoms with Crippen molar-refractivity contribution in [1.82, 2.24) is 5.32 Å². The van der Waals surface area contributed by atoms with E-state index in [2.05, 4.69) is 5.32 Å². The molecule has 0 aromatic heterocycles. The lowest BCUT2D eigenvalue weighted by atomic mass is 10.1. The Morgan fingerprint density at radius 2 is 2.05 bits per heavy atom. The molecular formula is C14H20F3NOS. The Morgan fingerprint density at radius 1 is 1.35 bits per heavy atom. The number of alkyl halides is 3. The maximum absolute atomic E-state index is 12.6. The molecule has 0 aliphatic heterocycles. The number of thioether (sulfide) groups is 1. The number of aliphatic hydroxyl groups excluding tert-OH is 1. The molecule has 2 atom stereocenters. The molecule has 1 rings (SSSR count). The van der Waals surface area contributed by atoms with Crippen molar-refractivity contribution in [2.75, 3.05) is 18.6 Å². The molecule has 20 heavy (non-hydrogen) atoms. The first kappa shape index (κ1) is 17.3. The molecule has 1 aromatic rings. The van der Waals surface area contributed by atoms with Crippen LogP contribution in [0.3, 0.4) is 0 Å². The van der Waals surface area contributed by atoms with Crippen molar-refractivity contribution in [2.45, 2.75) is 31.7 Å². The molecule has 2 nitrogen and oxygen atoms in total. The maximum Gasteiger partial charge on any atom is 0.416 e. The van der Waals surface area contributed by atoms with Gasteiger partial charge in [-0.2, -0.15) is 24.9 Å². The van der Waals surface area contributed by atoms with Crippen molar-refractivity contribution in [2.24, 2.45) is 0 Å². The Morgan fingerprint density at radius 3 is 2.65 bits per heavy atom. The van der Waals surface area contributed by atoms with Gasteiger partial charge in [-0.15, -0.1) is 0 Å². The van der Waals surface area contributed by atoms with Crippen molar-refractivity contribution in [3.8, 4) is 0 Å². The Kier molecular flexibility index (Phi) is 6.85. The predicted molar refractivity (Wildman–Crippen MR) is 76.9 cm³/mol. The van der Waals surface area contributed by atoms with E-state index in [-0.39, 0.29) is 18.2 Å². The molecule has 0 spiro atoms. The van der Waals surface area contributed by atoms with Crippen LogP contribution in [0.5, 0.6) is 0 Å². The molecule has 0 heterocycles. The van der Waals surface area contributed by atoms with E-state index in [0.717, 1.165) is 24.3 Å². The molecule has 0 saturated carbocycles. The van der Waals surface area contributed by atoms with E-state index < -0.39 is 17.8 Å². The molecule has 0 aliphatic rings. The second-order valence-electron chi connectivity index (χ2n) is 4.73. The van der Waals surface area contributed by atoms with Crippen LogP contribution in [0.15, 0.2) is 24.3 Å². The first-order chi connectivity index (χ1) is 9.34. The van der Waals surface area contributed by atoms with Crippen molar-refractivity contribution in [3.63, 3.8) is 0 Å². The number of hydrogen-bond donors (Lipinski definition) is 2. The van der Waals surface area contributed by atoms with Crippen LogP contribution in [0.25, 0.3) is 0 Å². The molecule has 2 N–H and O–H groups in total. The van der Waals surface area contributed by atoms with Gasteiger partial charge in [-0.3, -0.25) is 0 Å². The smallest absolute Gasteiger partial charge is 0.387 e. The molecule has 2 unspecified atom stereocenters. The van der Waals surface area contributed by atoms with Crippen molar-refractivity contribution >= 4 is 11.8 Å². The average Bonchev–Trinajstić information content (AvgIpc) is 2.41. The van der Waals surface area contributed by atoms with E-state index in [1.54, 1.807) is 11.8 Å². The van der Waals surface area contributed by atoms with E-state index in [9.17, 15) is 18.3 Å². The lowest BCUT2D eigenvalue weighted by molar-refractivity contribution is -0.137. The summed E-state index contributed by atoms with van der Waals surface area (Å²) in [7, 11) is 0. The normalized spacial score (nSPS) is 15.1. The fourth-order valence-corrected chi connectivity index (χ4v) is 2.34. The molecule has 0 fully saturated rings. The summed E-state index contributed by atoms with van der Waals surface area (Å²) in [6.07, 6.45) is -2.34. The zero-order valence-electron chi connectivity index (χ0n) is 11.6. The number of nitrogens with one attached hydrogen (secondary N) is 1. The Balaban J connectivity index is 2.57. The quantitative estimate of drug-likeness (QED) is 0.809. The largest absolute Gasteiger partial charge is 0.416 e. The molecule has 0 saturated heterocycles. The highest BCUT2D eigenvalue weighted by Gasteiger charge is 2.30. The fourth-order valence-electron chi connectivity index (χ4n) is 1.75. The number of hydrogen-bond acceptors (Lipinski definition) is 3. The minimum Gasteiger partial charge on any atom is -0.387 e. The number of halogens is 3. The molecular weight excluding hydrogens is 287 g/mol.